The Morgan fingerprint density at radius 3 is 2.70 bits per heavy atom. The number of fused-ring (bicyclic) bond motifs is 1. The zero-order valence-corrected chi connectivity index (χ0v) is 10.6. The molecule has 5 nitrogen and oxygen atoms in total. The topological polar surface area (TPSA) is 77.8 Å². The van der Waals surface area contributed by atoms with Crippen molar-refractivity contribution in [1.29, 1.82) is 0 Å². The zero-order chi connectivity index (χ0) is 13.9. The van der Waals surface area contributed by atoms with Gasteiger partial charge < -0.3 is 15.3 Å². The first-order valence-electron chi connectivity index (χ1n) is 6.26. The fraction of sp³-hybridized carbons (Fsp3) is 0.0667. The second kappa shape index (κ2) is 5.05. The van der Waals surface area contributed by atoms with Crippen LogP contribution in [0.2, 0.25) is 0 Å². The van der Waals surface area contributed by atoms with Crippen molar-refractivity contribution in [3.8, 4) is 0 Å². The maximum absolute atomic E-state index is 12.0. The summed E-state index contributed by atoms with van der Waals surface area (Å²) in [5.41, 5.74) is 1.49. The van der Waals surface area contributed by atoms with Gasteiger partial charge in [-0.1, -0.05) is 18.2 Å². The average Bonchev–Trinajstić information content (AvgIpc) is 2.46. The molecule has 0 unspecified atom stereocenters. The van der Waals surface area contributed by atoms with E-state index >= 15 is 0 Å². The lowest BCUT2D eigenvalue weighted by Crippen LogP contribution is -2.18. The fourth-order valence-corrected chi connectivity index (χ4v) is 2.08. The van der Waals surface area contributed by atoms with Gasteiger partial charge in [0.15, 0.2) is 0 Å². The molecule has 3 aromatic rings. The third kappa shape index (κ3) is 2.33. The van der Waals surface area contributed by atoms with Crippen molar-refractivity contribution in [2.75, 3.05) is 5.32 Å². The van der Waals surface area contributed by atoms with Crippen LogP contribution < -0.4 is 16.4 Å². The van der Waals surface area contributed by atoms with E-state index < -0.39 is 0 Å². The van der Waals surface area contributed by atoms with Crippen LogP contribution in [0.15, 0.2) is 58.3 Å². The highest BCUT2D eigenvalue weighted by atomic mass is 16.1. The van der Waals surface area contributed by atoms with Crippen molar-refractivity contribution in [2.24, 2.45) is 0 Å². The van der Waals surface area contributed by atoms with Gasteiger partial charge in [-0.2, -0.15) is 0 Å². The van der Waals surface area contributed by atoms with Crippen LogP contribution in [0.3, 0.4) is 0 Å². The van der Waals surface area contributed by atoms with Crippen LogP contribution in [0.4, 0.5) is 5.69 Å². The number of aromatic nitrogens is 2. The molecule has 0 amide bonds. The van der Waals surface area contributed by atoms with E-state index in [0.29, 0.717) is 17.8 Å². The summed E-state index contributed by atoms with van der Waals surface area (Å²) in [6.07, 6.45) is 1.57. The summed E-state index contributed by atoms with van der Waals surface area (Å²) in [7, 11) is 0. The maximum atomic E-state index is 12.0. The summed E-state index contributed by atoms with van der Waals surface area (Å²) in [5, 5.41) is 3.93. The van der Waals surface area contributed by atoms with Crippen LogP contribution in [0.1, 0.15) is 5.56 Å². The minimum atomic E-state index is -0.204. The van der Waals surface area contributed by atoms with Gasteiger partial charge in [-0.25, -0.2) is 0 Å². The smallest absolute Gasteiger partial charge is 0.271 e. The lowest BCUT2D eigenvalue weighted by atomic mass is 10.1. The SMILES string of the molecule is O=c1[nH]c2ccccc2cc1CNc1ccc[nH]c1=O. The molecule has 2 heterocycles. The first kappa shape index (κ1) is 12.2. The molecule has 5 heteroatoms. The van der Waals surface area contributed by atoms with Crippen LogP contribution in [-0.4, -0.2) is 9.97 Å². The van der Waals surface area contributed by atoms with Gasteiger partial charge in [0.2, 0.25) is 0 Å². The molecule has 0 radical (unpaired) electrons. The van der Waals surface area contributed by atoms with Gasteiger partial charge in [0.1, 0.15) is 5.69 Å². The molecule has 0 aliphatic rings. The van der Waals surface area contributed by atoms with E-state index in [0.717, 1.165) is 10.9 Å². The quantitative estimate of drug-likeness (QED) is 0.677. The molecular weight excluding hydrogens is 254 g/mol. The highest BCUT2D eigenvalue weighted by Gasteiger charge is 2.03. The third-order valence-electron chi connectivity index (χ3n) is 3.12. The number of benzene rings is 1. The number of hydrogen-bond donors (Lipinski definition) is 3. The molecular formula is C15H13N3O2. The van der Waals surface area contributed by atoms with Crippen LogP contribution in [-0.2, 0) is 6.54 Å². The Kier molecular flexibility index (Phi) is 3.09. The molecule has 3 N–H and O–H groups in total. The number of anilines is 1. The number of aromatic amines is 2. The first-order chi connectivity index (χ1) is 9.74. The Labute approximate surface area is 114 Å². The minimum absolute atomic E-state index is 0.149. The Morgan fingerprint density at radius 1 is 1.00 bits per heavy atom. The molecule has 100 valence electrons. The van der Waals surface area contributed by atoms with Crippen LogP contribution >= 0.6 is 0 Å². The van der Waals surface area contributed by atoms with Gasteiger partial charge in [0, 0.05) is 23.8 Å². The Balaban J connectivity index is 1.91. The van der Waals surface area contributed by atoms with Crippen molar-refractivity contribution >= 4 is 16.6 Å². The van der Waals surface area contributed by atoms with Gasteiger partial charge in [-0.15, -0.1) is 0 Å². The summed E-state index contributed by atoms with van der Waals surface area (Å²) >= 11 is 0. The summed E-state index contributed by atoms with van der Waals surface area (Å²) < 4.78 is 0. The second-order valence-corrected chi connectivity index (χ2v) is 4.48. The van der Waals surface area contributed by atoms with E-state index in [1.54, 1.807) is 18.3 Å². The molecule has 2 aromatic heterocycles. The largest absolute Gasteiger partial charge is 0.376 e. The number of hydrogen-bond acceptors (Lipinski definition) is 3. The van der Waals surface area contributed by atoms with Crippen molar-refractivity contribution in [1.82, 2.24) is 9.97 Å². The molecule has 0 atom stereocenters. The monoisotopic (exact) mass is 267 g/mol. The van der Waals surface area contributed by atoms with Crippen LogP contribution in [0, 0.1) is 0 Å². The highest BCUT2D eigenvalue weighted by molar-refractivity contribution is 5.78. The summed E-state index contributed by atoms with van der Waals surface area (Å²) in [5.74, 6) is 0. The summed E-state index contributed by atoms with van der Waals surface area (Å²) in [6, 6.07) is 12.8. The highest BCUT2D eigenvalue weighted by Crippen LogP contribution is 2.10. The lowest BCUT2D eigenvalue weighted by molar-refractivity contribution is 1.07. The van der Waals surface area contributed by atoms with E-state index in [9.17, 15) is 9.59 Å². The van der Waals surface area contributed by atoms with Gasteiger partial charge >= 0.3 is 0 Å². The molecule has 0 aliphatic heterocycles. The number of pyridine rings is 2. The van der Waals surface area contributed by atoms with Crippen molar-refractivity contribution in [2.45, 2.75) is 6.54 Å². The van der Waals surface area contributed by atoms with E-state index in [1.165, 1.54) is 0 Å². The molecule has 0 saturated carbocycles. The van der Waals surface area contributed by atoms with Crippen molar-refractivity contribution in [3.63, 3.8) is 0 Å². The first-order valence-corrected chi connectivity index (χ1v) is 6.26. The molecule has 0 fully saturated rings. The molecule has 3 rings (SSSR count). The zero-order valence-electron chi connectivity index (χ0n) is 10.6. The number of H-pyrrole nitrogens is 2. The Hall–Kier alpha value is -2.82. The van der Waals surface area contributed by atoms with Gasteiger partial charge in [-0.05, 0) is 29.7 Å². The third-order valence-corrected chi connectivity index (χ3v) is 3.12. The average molecular weight is 267 g/mol. The molecule has 0 bridgehead atoms. The Morgan fingerprint density at radius 2 is 1.85 bits per heavy atom. The maximum Gasteiger partial charge on any atom is 0.271 e. The normalized spacial score (nSPS) is 10.6. The summed E-state index contributed by atoms with van der Waals surface area (Å²) in [4.78, 5) is 28.9. The summed E-state index contributed by atoms with van der Waals surface area (Å²) in [6.45, 7) is 0.299. The number of nitrogens with one attached hydrogen (secondary N) is 3. The molecule has 0 saturated heterocycles. The van der Waals surface area contributed by atoms with Crippen LogP contribution in [0.5, 0.6) is 0 Å². The van der Waals surface area contributed by atoms with E-state index in [1.807, 2.05) is 30.3 Å². The lowest BCUT2D eigenvalue weighted by Gasteiger charge is -2.06. The molecule has 1 aromatic carbocycles. The van der Waals surface area contributed by atoms with Gasteiger partial charge in [0.25, 0.3) is 11.1 Å². The number of para-hydroxylation sites is 1. The molecule has 0 aliphatic carbocycles. The Bertz CT molecular complexity index is 864. The van der Waals surface area contributed by atoms with Gasteiger partial charge in [0.05, 0.1) is 0 Å². The molecule has 20 heavy (non-hydrogen) atoms. The van der Waals surface area contributed by atoms with Crippen molar-refractivity contribution < 1.29 is 0 Å². The number of rotatable bonds is 3. The van der Waals surface area contributed by atoms with E-state index in [-0.39, 0.29) is 11.1 Å². The van der Waals surface area contributed by atoms with Crippen molar-refractivity contribution in [3.05, 3.63) is 74.9 Å². The van der Waals surface area contributed by atoms with Gasteiger partial charge in [-0.3, -0.25) is 9.59 Å². The predicted molar refractivity (Wildman–Crippen MR) is 79.0 cm³/mol. The standard InChI is InChI=1S/C15H13N3O2/c19-14-11(8-10-4-1-2-5-12(10)18-14)9-17-13-6-3-7-16-15(13)20/h1-8,17H,9H2,(H,16,20)(H,18,19). The fourth-order valence-electron chi connectivity index (χ4n) is 2.08. The molecule has 0 spiro atoms. The van der Waals surface area contributed by atoms with E-state index in [2.05, 4.69) is 15.3 Å². The van der Waals surface area contributed by atoms with Crippen LogP contribution in [0.25, 0.3) is 10.9 Å². The van der Waals surface area contributed by atoms with E-state index in [4.69, 9.17) is 0 Å². The second-order valence-electron chi connectivity index (χ2n) is 4.48. The predicted octanol–water partition coefficient (Wildman–Crippen LogP) is 1.83. The minimum Gasteiger partial charge on any atom is -0.376 e.